The molecule has 0 aromatic rings. The van der Waals surface area contributed by atoms with E-state index < -0.39 is 0 Å². The molecular formula is C17H34N2O. The van der Waals surface area contributed by atoms with Crippen molar-refractivity contribution in [2.75, 3.05) is 19.6 Å². The predicted molar refractivity (Wildman–Crippen MR) is 85.7 cm³/mol. The van der Waals surface area contributed by atoms with Gasteiger partial charge in [-0.2, -0.15) is 0 Å². The lowest BCUT2D eigenvalue weighted by Crippen LogP contribution is -2.45. The summed E-state index contributed by atoms with van der Waals surface area (Å²) in [5.41, 5.74) is 0.495. The summed E-state index contributed by atoms with van der Waals surface area (Å²) in [6.45, 7) is 16.7. The van der Waals surface area contributed by atoms with E-state index in [0.29, 0.717) is 17.9 Å². The average Bonchev–Trinajstić information content (AvgIpc) is 2.24. The molecule has 0 unspecified atom stereocenters. The van der Waals surface area contributed by atoms with Crippen LogP contribution in [0, 0.1) is 10.8 Å². The van der Waals surface area contributed by atoms with Crippen LogP contribution in [0.1, 0.15) is 67.2 Å². The largest absolute Gasteiger partial charge is 0.353 e. The smallest absolute Gasteiger partial charge is 0.220 e. The monoisotopic (exact) mass is 282 g/mol. The Morgan fingerprint density at radius 3 is 2.05 bits per heavy atom. The zero-order valence-corrected chi connectivity index (χ0v) is 14.4. The van der Waals surface area contributed by atoms with E-state index in [9.17, 15) is 4.79 Å². The molecule has 0 aromatic carbocycles. The van der Waals surface area contributed by atoms with Gasteiger partial charge in [-0.1, -0.05) is 41.5 Å². The minimum absolute atomic E-state index is 0.0808. The Hall–Kier alpha value is -0.570. The van der Waals surface area contributed by atoms with E-state index in [1.807, 2.05) is 0 Å². The Labute approximate surface area is 125 Å². The second kappa shape index (κ2) is 6.93. The summed E-state index contributed by atoms with van der Waals surface area (Å²) in [6.07, 6.45) is 4.06. The Kier molecular flexibility index (Phi) is 6.06. The molecule has 1 saturated heterocycles. The maximum atomic E-state index is 11.9. The van der Waals surface area contributed by atoms with Crippen LogP contribution in [-0.4, -0.2) is 36.5 Å². The predicted octanol–water partition coefficient (Wildman–Crippen LogP) is 3.44. The molecule has 1 heterocycles. The lowest BCUT2D eigenvalue weighted by Gasteiger charge is -2.34. The minimum Gasteiger partial charge on any atom is -0.353 e. The van der Waals surface area contributed by atoms with Crippen LogP contribution in [-0.2, 0) is 4.79 Å². The average molecular weight is 282 g/mol. The first-order chi connectivity index (χ1) is 9.05. The summed E-state index contributed by atoms with van der Waals surface area (Å²) in [7, 11) is 0. The molecule has 0 saturated carbocycles. The summed E-state index contributed by atoms with van der Waals surface area (Å²) < 4.78 is 0. The van der Waals surface area contributed by atoms with E-state index >= 15 is 0 Å². The molecule has 118 valence electrons. The zero-order valence-electron chi connectivity index (χ0n) is 14.4. The van der Waals surface area contributed by atoms with Crippen LogP contribution < -0.4 is 5.32 Å². The molecule has 1 N–H and O–H groups in total. The molecule has 1 aliphatic rings. The van der Waals surface area contributed by atoms with Gasteiger partial charge >= 0.3 is 0 Å². The summed E-state index contributed by atoms with van der Waals surface area (Å²) in [4.78, 5) is 14.5. The van der Waals surface area contributed by atoms with Crippen molar-refractivity contribution in [3.05, 3.63) is 0 Å². The zero-order chi connectivity index (χ0) is 15.4. The number of amides is 1. The van der Waals surface area contributed by atoms with Crippen LogP contribution in [0.4, 0.5) is 0 Å². The van der Waals surface area contributed by atoms with Gasteiger partial charge in [-0.3, -0.25) is 4.79 Å². The number of likely N-dealkylation sites (tertiary alicyclic amines) is 1. The van der Waals surface area contributed by atoms with Gasteiger partial charge < -0.3 is 10.2 Å². The fraction of sp³-hybridized carbons (Fsp3) is 0.941. The SMILES string of the molecule is CC(C)(C)CCN1CCC(NC(=O)CC(C)(C)C)CC1. The number of hydrogen-bond donors (Lipinski definition) is 1. The maximum Gasteiger partial charge on any atom is 0.220 e. The first-order valence-electron chi connectivity index (χ1n) is 8.07. The van der Waals surface area contributed by atoms with Crippen molar-refractivity contribution in [2.45, 2.75) is 73.3 Å². The van der Waals surface area contributed by atoms with Gasteiger partial charge in [0.1, 0.15) is 0 Å². The Morgan fingerprint density at radius 1 is 1.05 bits per heavy atom. The highest BCUT2D eigenvalue weighted by atomic mass is 16.1. The first kappa shape index (κ1) is 17.5. The van der Waals surface area contributed by atoms with E-state index in [-0.39, 0.29) is 11.3 Å². The molecule has 0 bridgehead atoms. The van der Waals surface area contributed by atoms with E-state index in [1.54, 1.807) is 0 Å². The van der Waals surface area contributed by atoms with E-state index in [0.717, 1.165) is 25.9 Å². The lowest BCUT2D eigenvalue weighted by molar-refractivity contribution is -0.123. The number of hydrogen-bond acceptors (Lipinski definition) is 2. The fourth-order valence-electron chi connectivity index (χ4n) is 2.55. The number of nitrogens with zero attached hydrogens (tertiary/aromatic N) is 1. The van der Waals surface area contributed by atoms with Gasteiger partial charge in [0.2, 0.25) is 5.91 Å². The van der Waals surface area contributed by atoms with Crippen LogP contribution in [0.3, 0.4) is 0 Å². The summed E-state index contributed by atoms with van der Waals surface area (Å²) in [5, 5.41) is 3.20. The van der Waals surface area contributed by atoms with Crippen molar-refractivity contribution < 1.29 is 4.79 Å². The van der Waals surface area contributed by atoms with Gasteiger partial charge in [0.05, 0.1) is 0 Å². The highest BCUT2D eigenvalue weighted by Gasteiger charge is 2.23. The molecule has 0 atom stereocenters. The van der Waals surface area contributed by atoms with E-state index in [2.05, 4.69) is 51.8 Å². The van der Waals surface area contributed by atoms with Crippen molar-refractivity contribution in [1.82, 2.24) is 10.2 Å². The van der Waals surface area contributed by atoms with Crippen molar-refractivity contribution in [1.29, 1.82) is 0 Å². The maximum absolute atomic E-state index is 11.9. The number of rotatable bonds is 4. The Morgan fingerprint density at radius 2 is 1.60 bits per heavy atom. The van der Waals surface area contributed by atoms with Crippen LogP contribution in [0.25, 0.3) is 0 Å². The first-order valence-corrected chi connectivity index (χ1v) is 8.07. The summed E-state index contributed by atoms with van der Waals surface area (Å²) in [5.74, 6) is 0.214. The molecule has 0 aliphatic carbocycles. The molecule has 3 heteroatoms. The molecule has 0 spiro atoms. The topological polar surface area (TPSA) is 32.3 Å². The standard InChI is InChI=1S/C17H34N2O/c1-16(2,3)9-12-19-10-7-14(8-11-19)18-15(20)13-17(4,5)6/h14H,7-13H2,1-6H3,(H,18,20). The minimum atomic E-state index is 0.0808. The third-order valence-corrected chi connectivity index (χ3v) is 3.82. The van der Waals surface area contributed by atoms with Crippen LogP contribution in [0.2, 0.25) is 0 Å². The van der Waals surface area contributed by atoms with Crippen molar-refractivity contribution in [2.24, 2.45) is 10.8 Å². The Bertz CT molecular complexity index is 304. The van der Waals surface area contributed by atoms with Gasteiger partial charge in [-0.05, 0) is 36.6 Å². The molecule has 1 rings (SSSR count). The van der Waals surface area contributed by atoms with Gasteiger partial charge in [-0.25, -0.2) is 0 Å². The molecule has 0 radical (unpaired) electrons. The summed E-state index contributed by atoms with van der Waals surface area (Å²) in [6, 6.07) is 0.385. The number of piperidine rings is 1. The highest BCUT2D eigenvalue weighted by Crippen LogP contribution is 2.21. The van der Waals surface area contributed by atoms with Gasteiger partial charge in [0, 0.05) is 25.6 Å². The normalized spacial score (nSPS) is 19.1. The highest BCUT2D eigenvalue weighted by molar-refractivity contribution is 5.76. The molecule has 1 amide bonds. The Balaban J connectivity index is 2.24. The second-order valence-corrected chi connectivity index (χ2v) is 8.73. The van der Waals surface area contributed by atoms with Gasteiger partial charge in [0.15, 0.2) is 0 Å². The molecular weight excluding hydrogens is 248 g/mol. The van der Waals surface area contributed by atoms with Crippen LogP contribution in [0.5, 0.6) is 0 Å². The molecule has 3 nitrogen and oxygen atoms in total. The number of carbonyl (C=O) groups excluding carboxylic acids is 1. The second-order valence-electron chi connectivity index (χ2n) is 8.73. The molecule has 1 fully saturated rings. The van der Waals surface area contributed by atoms with Crippen LogP contribution in [0.15, 0.2) is 0 Å². The molecule has 20 heavy (non-hydrogen) atoms. The van der Waals surface area contributed by atoms with E-state index in [1.165, 1.54) is 13.0 Å². The van der Waals surface area contributed by atoms with Gasteiger partial charge in [-0.15, -0.1) is 0 Å². The quantitative estimate of drug-likeness (QED) is 0.856. The van der Waals surface area contributed by atoms with E-state index in [4.69, 9.17) is 0 Å². The molecule has 1 aliphatic heterocycles. The van der Waals surface area contributed by atoms with Crippen molar-refractivity contribution in [3.8, 4) is 0 Å². The van der Waals surface area contributed by atoms with Crippen molar-refractivity contribution >= 4 is 5.91 Å². The summed E-state index contributed by atoms with van der Waals surface area (Å²) >= 11 is 0. The molecule has 0 aromatic heterocycles. The van der Waals surface area contributed by atoms with Crippen molar-refractivity contribution in [3.63, 3.8) is 0 Å². The third-order valence-electron chi connectivity index (χ3n) is 3.82. The number of nitrogens with one attached hydrogen (secondary N) is 1. The van der Waals surface area contributed by atoms with Crippen LogP contribution >= 0.6 is 0 Å². The number of carbonyl (C=O) groups is 1. The third kappa shape index (κ3) is 7.88. The lowest BCUT2D eigenvalue weighted by atomic mass is 9.91. The van der Waals surface area contributed by atoms with Gasteiger partial charge in [0.25, 0.3) is 0 Å². The fourth-order valence-corrected chi connectivity index (χ4v) is 2.55.